The Balaban J connectivity index is 2.19. The Kier molecular flexibility index (Phi) is 4.57. The van der Waals surface area contributed by atoms with Gasteiger partial charge in [-0.3, -0.25) is 24.0 Å². The molecule has 20 heavy (non-hydrogen) atoms. The Morgan fingerprint density at radius 3 is 2.45 bits per heavy atom. The van der Waals surface area contributed by atoms with Crippen molar-refractivity contribution in [3.05, 3.63) is 0 Å². The molecule has 0 aromatic heterocycles. The molecule has 7 heteroatoms. The normalized spacial score (nSPS) is 27.6. The van der Waals surface area contributed by atoms with Crippen LogP contribution in [-0.4, -0.2) is 45.0 Å². The summed E-state index contributed by atoms with van der Waals surface area (Å²) in [5.41, 5.74) is 0. The number of carbonyl (C=O) groups is 3. The third-order valence-electron chi connectivity index (χ3n) is 4.02. The van der Waals surface area contributed by atoms with Crippen LogP contribution < -0.4 is 5.32 Å². The van der Waals surface area contributed by atoms with Crippen LogP contribution in [0.15, 0.2) is 0 Å². The summed E-state index contributed by atoms with van der Waals surface area (Å²) in [6.45, 7) is 1.68. The highest BCUT2D eigenvalue weighted by molar-refractivity contribution is 7.84. The molecular weight excluding hydrogens is 280 g/mol. The van der Waals surface area contributed by atoms with Crippen LogP contribution in [-0.2, 0) is 20.4 Å². The van der Waals surface area contributed by atoms with Gasteiger partial charge in [-0.25, -0.2) is 4.79 Å². The molecule has 1 saturated carbocycles. The summed E-state index contributed by atoms with van der Waals surface area (Å²) in [6.07, 6.45) is 5.26. The number of imide groups is 2. The summed E-state index contributed by atoms with van der Waals surface area (Å²) >= 11 is 0. The van der Waals surface area contributed by atoms with E-state index in [1.54, 1.807) is 6.92 Å². The molecule has 0 radical (unpaired) electrons. The summed E-state index contributed by atoms with van der Waals surface area (Å²) in [5, 5.41) is 2.27. The number of hydrogen-bond donors (Lipinski definition) is 1. The minimum Gasteiger partial charge on any atom is -0.277 e. The van der Waals surface area contributed by atoms with Gasteiger partial charge in [0, 0.05) is 22.8 Å². The molecule has 3 atom stereocenters. The van der Waals surface area contributed by atoms with E-state index in [0.29, 0.717) is 0 Å². The molecule has 6 nitrogen and oxygen atoms in total. The summed E-state index contributed by atoms with van der Waals surface area (Å²) in [7, 11) is -1.11. The first kappa shape index (κ1) is 15.2. The highest BCUT2D eigenvalue weighted by Crippen LogP contribution is 2.34. The molecular formula is C13H20N2O4S. The van der Waals surface area contributed by atoms with E-state index in [0.717, 1.165) is 30.6 Å². The highest BCUT2D eigenvalue weighted by atomic mass is 32.2. The van der Waals surface area contributed by atoms with E-state index < -0.39 is 40.6 Å². The van der Waals surface area contributed by atoms with Crippen LogP contribution in [0.3, 0.4) is 0 Å². The second-order valence-electron chi connectivity index (χ2n) is 5.61. The Bertz CT molecular complexity index is 459. The number of amides is 4. The number of nitrogens with zero attached hydrogens (tertiary/aromatic N) is 1. The van der Waals surface area contributed by atoms with Crippen molar-refractivity contribution in [2.45, 2.75) is 38.6 Å². The highest BCUT2D eigenvalue weighted by Gasteiger charge is 2.46. The maximum absolute atomic E-state index is 12.5. The van der Waals surface area contributed by atoms with Crippen LogP contribution in [0.4, 0.5) is 4.79 Å². The fourth-order valence-electron chi connectivity index (χ4n) is 3.14. The van der Waals surface area contributed by atoms with Crippen LogP contribution in [0, 0.1) is 11.8 Å². The molecule has 2 aliphatic rings. The van der Waals surface area contributed by atoms with Crippen LogP contribution in [0.2, 0.25) is 0 Å². The first-order valence-electron chi connectivity index (χ1n) is 6.89. The predicted molar refractivity (Wildman–Crippen MR) is 74.2 cm³/mol. The zero-order valence-electron chi connectivity index (χ0n) is 11.8. The number of rotatable bonds is 4. The Labute approximate surface area is 120 Å². The SMILES string of the molecule is CC(CS(C)=O)N1C(=O)NC(=O)C(C2CCCC2)C1=O. The largest absolute Gasteiger partial charge is 0.331 e. The third kappa shape index (κ3) is 2.92. The van der Waals surface area contributed by atoms with Crippen molar-refractivity contribution in [2.75, 3.05) is 12.0 Å². The number of carbonyl (C=O) groups excluding carboxylic acids is 3. The lowest BCUT2D eigenvalue weighted by atomic mass is 9.87. The third-order valence-corrected chi connectivity index (χ3v) is 4.97. The molecule has 0 spiro atoms. The van der Waals surface area contributed by atoms with Crippen molar-refractivity contribution in [1.82, 2.24) is 10.2 Å². The van der Waals surface area contributed by atoms with Gasteiger partial charge < -0.3 is 0 Å². The van der Waals surface area contributed by atoms with Crippen LogP contribution in [0.25, 0.3) is 0 Å². The van der Waals surface area contributed by atoms with E-state index in [-0.39, 0.29) is 11.7 Å². The van der Waals surface area contributed by atoms with Gasteiger partial charge in [-0.15, -0.1) is 0 Å². The first-order valence-corrected chi connectivity index (χ1v) is 8.62. The van der Waals surface area contributed by atoms with E-state index in [1.807, 2.05) is 0 Å². The van der Waals surface area contributed by atoms with Gasteiger partial charge in [0.25, 0.3) is 0 Å². The smallest absolute Gasteiger partial charge is 0.277 e. The summed E-state index contributed by atoms with van der Waals surface area (Å²) < 4.78 is 11.3. The van der Waals surface area contributed by atoms with E-state index in [2.05, 4.69) is 5.32 Å². The minimum absolute atomic E-state index is 0.0254. The van der Waals surface area contributed by atoms with Gasteiger partial charge in [-0.2, -0.15) is 0 Å². The van der Waals surface area contributed by atoms with Crippen molar-refractivity contribution >= 4 is 28.6 Å². The molecule has 1 aliphatic heterocycles. The van der Waals surface area contributed by atoms with Crippen LogP contribution in [0.1, 0.15) is 32.6 Å². The van der Waals surface area contributed by atoms with Crippen LogP contribution in [0.5, 0.6) is 0 Å². The first-order chi connectivity index (χ1) is 9.41. The molecule has 0 bridgehead atoms. The van der Waals surface area contributed by atoms with Gasteiger partial charge in [-0.05, 0) is 25.7 Å². The standard InChI is InChI=1S/C13H20N2O4S/c1-8(7-20(2)19)15-12(17)10(9-5-3-4-6-9)11(16)14-13(15)18/h8-10H,3-7H2,1-2H3,(H,14,16,18). The second kappa shape index (κ2) is 6.03. The zero-order valence-corrected chi connectivity index (χ0v) is 12.6. The van der Waals surface area contributed by atoms with Crippen molar-refractivity contribution < 1.29 is 18.6 Å². The molecule has 1 heterocycles. The van der Waals surface area contributed by atoms with Crippen molar-refractivity contribution in [3.8, 4) is 0 Å². The Morgan fingerprint density at radius 2 is 1.90 bits per heavy atom. The van der Waals surface area contributed by atoms with E-state index in [9.17, 15) is 18.6 Å². The van der Waals surface area contributed by atoms with Gasteiger partial charge in [0.05, 0.1) is 6.04 Å². The van der Waals surface area contributed by atoms with Gasteiger partial charge in [0.2, 0.25) is 11.8 Å². The molecule has 4 amide bonds. The van der Waals surface area contributed by atoms with Crippen LogP contribution >= 0.6 is 0 Å². The summed E-state index contributed by atoms with van der Waals surface area (Å²) in [4.78, 5) is 37.4. The Morgan fingerprint density at radius 1 is 1.30 bits per heavy atom. The molecule has 3 unspecified atom stereocenters. The van der Waals surface area contributed by atoms with E-state index in [1.165, 1.54) is 6.26 Å². The van der Waals surface area contributed by atoms with Gasteiger partial charge >= 0.3 is 6.03 Å². The predicted octanol–water partition coefficient (Wildman–Crippen LogP) is 0.638. The Hall–Kier alpha value is -1.24. The lowest BCUT2D eigenvalue weighted by molar-refractivity contribution is -0.146. The topological polar surface area (TPSA) is 83.6 Å². The fourth-order valence-corrected chi connectivity index (χ4v) is 3.97. The quantitative estimate of drug-likeness (QED) is 0.772. The van der Waals surface area contributed by atoms with Gasteiger partial charge in [0.15, 0.2) is 0 Å². The molecule has 0 aromatic rings. The zero-order chi connectivity index (χ0) is 14.9. The summed E-state index contributed by atoms with van der Waals surface area (Å²) in [5.74, 6) is -1.41. The number of nitrogens with one attached hydrogen (secondary N) is 1. The van der Waals surface area contributed by atoms with Crippen molar-refractivity contribution in [1.29, 1.82) is 0 Å². The van der Waals surface area contributed by atoms with Gasteiger partial charge in [0.1, 0.15) is 5.92 Å². The van der Waals surface area contributed by atoms with Crippen molar-refractivity contribution in [2.24, 2.45) is 11.8 Å². The molecule has 0 aromatic carbocycles. The van der Waals surface area contributed by atoms with E-state index >= 15 is 0 Å². The minimum atomic E-state index is -1.11. The molecule has 2 fully saturated rings. The fraction of sp³-hybridized carbons (Fsp3) is 0.769. The number of urea groups is 1. The van der Waals surface area contributed by atoms with Crippen molar-refractivity contribution in [3.63, 3.8) is 0 Å². The lowest BCUT2D eigenvalue weighted by Crippen LogP contribution is -2.62. The number of hydrogen-bond acceptors (Lipinski definition) is 4. The average Bonchev–Trinajstić information content (AvgIpc) is 2.80. The maximum Gasteiger partial charge on any atom is 0.331 e. The van der Waals surface area contributed by atoms with E-state index in [4.69, 9.17) is 0 Å². The molecule has 1 aliphatic carbocycles. The molecule has 112 valence electrons. The lowest BCUT2D eigenvalue weighted by Gasteiger charge is -2.35. The van der Waals surface area contributed by atoms with Gasteiger partial charge in [-0.1, -0.05) is 12.8 Å². The average molecular weight is 300 g/mol. The molecule has 2 rings (SSSR count). The summed E-state index contributed by atoms with van der Waals surface area (Å²) in [6, 6.07) is -1.16. The maximum atomic E-state index is 12.5. The molecule has 1 N–H and O–H groups in total. The monoisotopic (exact) mass is 300 g/mol. The molecule has 1 saturated heterocycles. The number of barbiturate groups is 1. The second-order valence-corrected chi connectivity index (χ2v) is 7.09.